The van der Waals surface area contributed by atoms with Crippen LogP contribution in [0, 0.1) is 0 Å². The molecular formula is C6H8N4O. The van der Waals surface area contributed by atoms with Crippen LogP contribution in [0.2, 0.25) is 0 Å². The molecular weight excluding hydrogens is 144 g/mol. The van der Waals surface area contributed by atoms with E-state index in [4.69, 9.17) is 5.73 Å². The van der Waals surface area contributed by atoms with Crippen LogP contribution in [-0.2, 0) is 6.54 Å². The predicted octanol–water partition coefficient (Wildman–Crippen LogP) is -0.355. The van der Waals surface area contributed by atoms with Gasteiger partial charge in [-0.05, 0) is 0 Å². The maximum Gasteiger partial charge on any atom is 0.312 e. The summed E-state index contributed by atoms with van der Waals surface area (Å²) in [5, 5.41) is 2.40. The fraction of sp³-hybridized carbons (Fsp3) is 0.167. The van der Waals surface area contributed by atoms with Gasteiger partial charge >= 0.3 is 6.03 Å². The third-order valence-corrected chi connectivity index (χ3v) is 1.06. The first-order chi connectivity index (χ1) is 5.29. The normalized spacial score (nSPS) is 9.09. The highest BCUT2D eigenvalue weighted by atomic mass is 16.2. The van der Waals surface area contributed by atoms with Crippen molar-refractivity contribution in [1.29, 1.82) is 0 Å². The second-order valence-electron chi connectivity index (χ2n) is 1.91. The highest BCUT2D eigenvalue weighted by Crippen LogP contribution is 1.87. The van der Waals surface area contributed by atoms with Gasteiger partial charge < -0.3 is 11.1 Å². The van der Waals surface area contributed by atoms with Gasteiger partial charge in [-0.1, -0.05) is 0 Å². The molecule has 3 N–H and O–H groups in total. The fourth-order valence-electron chi connectivity index (χ4n) is 0.599. The summed E-state index contributed by atoms with van der Waals surface area (Å²) in [5.41, 5.74) is 5.53. The van der Waals surface area contributed by atoms with Crippen LogP contribution in [0.1, 0.15) is 5.69 Å². The van der Waals surface area contributed by atoms with Crippen molar-refractivity contribution in [2.75, 3.05) is 0 Å². The number of primary amides is 1. The SMILES string of the molecule is NC(=O)NCc1cnccn1. The van der Waals surface area contributed by atoms with Gasteiger partial charge in [-0.25, -0.2) is 4.79 Å². The Hall–Kier alpha value is -1.65. The van der Waals surface area contributed by atoms with Crippen molar-refractivity contribution in [1.82, 2.24) is 15.3 Å². The Bertz CT molecular complexity index is 236. The molecule has 58 valence electrons. The molecule has 0 aromatic carbocycles. The van der Waals surface area contributed by atoms with E-state index in [1.54, 1.807) is 18.6 Å². The maximum atomic E-state index is 10.2. The predicted molar refractivity (Wildman–Crippen MR) is 38.5 cm³/mol. The third kappa shape index (κ3) is 2.61. The molecule has 0 atom stereocenters. The minimum Gasteiger partial charge on any atom is -0.352 e. The lowest BCUT2D eigenvalue weighted by molar-refractivity contribution is 0.248. The summed E-state index contributed by atoms with van der Waals surface area (Å²) < 4.78 is 0. The molecule has 0 bridgehead atoms. The number of carbonyl (C=O) groups excluding carboxylic acids is 1. The molecule has 11 heavy (non-hydrogen) atoms. The highest BCUT2D eigenvalue weighted by molar-refractivity contribution is 5.71. The van der Waals surface area contributed by atoms with Crippen molar-refractivity contribution >= 4 is 6.03 Å². The molecule has 1 aromatic rings. The largest absolute Gasteiger partial charge is 0.352 e. The van der Waals surface area contributed by atoms with E-state index >= 15 is 0 Å². The Morgan fingerprint density at radius 1 is 1.64 bits per heavy atom. The zero-order valence-corrected chi connectivity index (χ0v) is 5.82. The summed E-state index contributed by atoms with van der Waals surface area (Å²) in [5.74, 6) is 0. The molecule has 1 rings (SSSR count). The summed E-state index contributed by atoms with van der Waals surface area (Å²) in [6, 6.07) is -0.560. The lowest BCUT2D eigenvalue weighted by Gasteiger charge is -1.98. The van der Waals surface area contributed by atoms with Crippen LogP contribution in [0.15, 0.2) is 18.6 Å². The van der Waals surface area contributed by atoms with Crippen molar-refractivity contribution in [3.8, 4) is 0 Å². The van der Waals surface area contributed by atoms with E-state index in [9.17, 15) is 4.79 Å². The number of nitrogens with one attached hydrogen (secondary N) is 1. The van der Waals surface area contributed by atoms with Crippen molar-refractivity contribution < 1.29 is 4.79 Å². The second-order valence-corrected chi connectivity index (χ2v) is 1.91. The topological polar surface area (TPSA) is 80.9 Å². The van der Waals surface area contributed by atoms with E-state index in [1.807, 2.05) is 0 Å². The zero-order chi connectivity index (χ0) is 8.10. The maximum absolute atomic E-state index is 10.2. The molecule has 0 saturated carbocycles. The van der Waals surface area contributed by atoms with E-state index in [-0.39, 0.29) is 0 Å². The Kier molecular flexibility index (Phi) is 2.37. The molecule has 0 aliphatic rings. The van der Waals surface area contributed by atoms with Gasteiger partial charge in [0, 0.05) is 12.4 Å². The third-order valence-electron chi connectivity index (χ3n) is 1.06. The average Bonchev–Trinajstić information content (AvgIpc) is 2.03. The first kappa shape index (κ1) is 7.46. The highest BCUT2D eigenvalue weighted by Gasteiger charge is 1.93. The number of nitrogens with zero attached hydrogens (tertiary/aromatic N) is 2. The fourth-order valence-corrected chi connectivity index (χ4v) is 0.599. The van der Waals surface area contributed by atoms with Crippen molar-refractivity contribution in [3.05, 3.63) is 24.3 Å². The number of urea groups is 1. The molecule has 5 heteroatoms. The molecule has 0 fully saturated rings. The zero-order valence-electron chi connectivity index (χ0n) is 5.82. The summed E-state index contributed by atoms with van der Waals surface area (Å²) in [4.78, 5) is 18.0. The Balaban J connectivity index is 2.45. The summed E-state index contributed by atoms with van der Waals surface area (Å²) in [6.07, 6.45) is 4.68. The number of carbonyl (C=O) groups is 1. The van der Waals surface area contributed by atoms with Gasteiger partial charge in [-0.2, -0.15) is 0 Å². The minimum atomic E-state index is -0.560. The van der Waals surface area contributed by atoms with E-state index in [2.05, 4.69) is 15.3 Å². The molecule has 2 amide bonds. The molecule has 0 aliphatic heterocycles. The van der Waals surface area contributed by atoms with Crippen molar-refractivity contribution in [2.24, 2.45) is 5.73 Å². The van der Waals surface area contributed by atoms with E-state index in [0.717, 1.165) is 0 Å². The Labute approximate surface area is 63.7 Å². The molecule has 0 spiro atoms. The van der Waals surface area contributed by atoms with Crippen molar-refractivity contribution in [3.63, 3.8) is 0 Å². The second kappa shape index (κ2) is 3.50. The average molecular weight is 152 g/mol. The van der Waals surface area contributed by atoms with Crippen molar-refractivity contribution in [2.45, 2.75) is 6.54 Å². The van der Waals surface area contributed by atoms with Crippen LogP contribution in [0.4, 0.5) is 4.79 Å². The molecule has 1 aromatic heterocycles. The van der Waals surface area contributed by atoms with E-state index in [1.165, 1.54) is 0 Å². The van der Waals surface area contributed by atoms with Gasteiger partial charge in [0.1, 0.15) is 0 Å². The molecule has 1 heterocycles. The number of amides is 2. The van der Waals surface area contributed by atoms with E-state index < -0.39 is 6.03 Å². The minimum absolute atomic E-state index is 0.323. The number of hydrogen-bond donors (Lipinski definition) is 2. The summed E-state index contributed by atoms with van der Waals surface area (Å²) in [7, 11) is 0. The summed E-state index contributed by atoms with van der Waals surface area (Å²) >= 11 is 0. The van der Waals surface area contributed by atoms with E-state index in [0.29, 0.717) is 12.2 Å². The van der Waals surface area contributed by atoms with Gasteiger partial charge in [0.25, 0.3) is 0 Å². The molecule has 0 aliphatic carbocycles. The first-order valence-corrected chi connectivity index (χ1v) is 3.07. The number of nitrogens with two attached hydrogens (primary N) is 1. The molecule has 0 saturated heterocycles. The van der Waals surface area contributed by atoms with Gasteiger partial charge in [0.05, 0.1) is 18.4 Å². The lowest BCUT2D eigenvalue weighted by atomic mass is 10.4. The quantitative estimate of drug-likeness (QED) is 0.607. The lowest BCUT2D eigenvalue weighted by Crippen LogP contribution is -2.28. The molecule has 0 unspecified atom stereocenters. The van der Waals surface area contributed by atoms with Gasteiger partial charge in [-0.3, -0.25) is 9.97 Å². The molecule has 5 nitrogen and oxygen atoms in total. The van der Waals surface area contributed by atoms with Crippen LogP contribution in [0.25, 0.3) is 0 Å². The van der Waals surface area contributed by atoms with Crippen LogP contribution >= 0.6 is 0 Å². The Morgan fingerprint density at radius 3 is 3.00 bits per heavy atom. The monoisotopic (exact) mass is 152 g/mol. The first-order valence-electron chi connectivity index (χ1n) is 3.07. The van der Waals surface area contributed by atoms with Crippen LogP contribution < -0.4 is 11.1 Å². The van der Waals surface area contributed by atoms with Gasteiger partial charge in [0.15, 0.2) is 0 Å². The van der Waals surface area contributed by atoms with Crippen LogP contribution in [0.5, 0.6) is 0 Å². The van der Waals surface area contributed by atoms with Crippen LogP contribution in [-0.4, -0.2) is 16.0 Å². The summed E-state index contributed by atoms with van der Waals surface area (Å²) in [6.45, 7) is 0.323. The standard InChI is InChI=1S/C6H8N4O/c7-6(11)10-4-5-3-8-1-2-9-5/h1-3H,4H2,(H3,7,10,11). The smallest absolute Gasteiger partial charge is 0.312 e. The number of hydrogen-bond acceptors (Lipinski definition) is 3. The van der Waals surface area contributed by atoms with Gasteiger partial charge in [0.2, 0.25) is 0 Å². The molecule has 0 radical (unpaired) electrons. The van der Waals surface area contributed by atoms with Crippen LogP contribution in [0.3, 0.4) is 0 Å². The Morgan fingerprint density at radius 2 is 2.45 bits per heavy atom. The number of rotatable bonds is 2. The van der Waals surface area contributed by atoms with Gasteiger partial charge in [-0.15, -0.1) is 0 Å². The number of aromatic nitrogens is 2.